The number of aromatic nitrogens is 2. The van der Waals surface area contributed by atoms with Gasteiger partial charge in [0.05, 0.1) is 23.0 Å². The Bertz CT molecular complexity index is 2440. The van der Waals surface area contributed by atoms with E-state index in [1.54, 1.807) is 22.5 Å². The SMILES string of the molecule is Cc1c(Cc2ccccc2S(=O)(=O)N2CCOC(OC(=O)Cn3c(C)c(CC4C=CC(S(=O)(=O)N5CCCC5)=CC4C)c4c3CCC4)C2)c2c(n1CC(=O)O)CCCCC2. The summed E-state index contributed by atoms with van der Waals surface area (Å²) in [4.78, 5) is 26.0. The number of hydrogen-bond donors (Lipinski definition) is 1. The summed E-state index contributed by atoms with van der Waals surface area (Å²) in [6.45, 7) is 7.05. The largest absolute Gasteiger partial charge is 0.480 e. The predicted molar refractivity (Wildman–Crippen MR) is 226 cm³/mol. The van der Waals surface area contributed by atoms with Crippen molar-refractivity contribution in [2.75, 3.05) is 32.8 Å². The molecule has 324 valence electrons. The molecule has 3 aromatic rings. The van der Waals surface area contributed by atoms with Crippen LogP contribution in [0, 0.1) is 25.7 Å². The zero-order valence-corrected chi connectivity index (χ0v) is 36.7. The Morgan fingerprint density at radius 2 is 1.47 bits per heavy atom. The van der Waals surface area contributed by atoms with Gasteiger partial charge in [0.15, 0.2) is 0 Å². The van der Waals surface area contributed by atoms with Crippen molar-refractivity contribution in [2.24, 2.45) is 11.8 Å². The van der Waals surface area contributed by atoms with E-state index < -0.39 is 38.3 Å². The summed E-state index contributed by atoms with van der Waals surface area (Å²) < 4.78 is 73.8. The quantitative estimate of drug-likeness (QED) is 0.171. The van der Waals surface area contributed by atoms with Crippen LogP contribution in [0.1, 0.15) is 96.0 Å². The molecule has 3 aliphatic carbocycles. The molecule has 8 rings (SSSR count). The van der Waals surface area contributed by atoms with Crippen molar-refractivity contribution in [3.8, 4) is 0 Å². The summed E-state index contributed by atoms with van der Waals surface area (Å²) >= 11 is 0. The van der Waals surface area contributed by atoms with Gasteiger partial charge in [-0.25, -0.2) is 16.8 Å². The Morgan fingerprint density at radius 3 is 2.22 bits per heavy atom. The van der Waals surface area contributed by atoms with E-state index in [1.807, 2.05) is 47.3 Å². The summed E-state index contributed by atoms with van der Waals surface area (Å²) in [5.74, 6) is -1.28. The average molecular weight is 863 g/mol. The molecular formula is C45H58N4O9S2. The number of carboxylic acid groups (broad SMARTS) is 1. The molecule has 1 aromatic carbocycles. The first-order chi connectivity index (χ1) is 28.7. The minimum absolute atomic E-state index is 0.0200. The Hall–Kier alpha value is -4.02. The summed E-state index contributed by atoms with van der Waals surface area (Å²) in [7, 11) is -7.52. The Morgan fingerprint density at radius 1 is 0.800 bits per heavy atom. The molecule has 3 unspecified atom stereocenters. The van der Waals surface area contributed by atoms with Crippen molar-refractivity contribution >= 4 is 32.0 Å². The molecule has 4 heterocycles. The van der Waals surface area contributed by atoms with Gasteiger partial charge < -0.3 is 23.7 Å². The van der Waals surface area contributed by atoms with E-state index in [-0.39, 0.29) is 49.5 Å². The minimum Gasteiger partial charge on any atom is -0.480 e. The number of nitrogens with zero attached hydrogens (tertiary/aromatic N) is 4. The van der Waals surface area contributed by atoms with Gasteiger partial charge in [-0.05, 0) is 130 Å². The van der Waals surface area contributed by atoms with Crippen molar-refractivity contribution in [3.05, 3.63) is 98.0 Å². The van der Waals surface area contributed by atoms with Crippen molar-refractivity contribution in [1.29, 1.82) is 0 Å². The molecule has 13 nitrogen and oxygen atoms in total. The summed E-state index contributed by atoms with van der Waals surface area (Å²) in [6, 6.07) is 6.98. The lowest BCUT2D eigenvalue weighted by Gasteiger charge is -2.32. The lowest BCUT2D eigenvalue weighted by atomic mass is 9.84. The minimum atomic E-state index is -4.03. The number of morpholine rings is 1. The van der Waals surface area contributed by atoms with Crippen LogP contribution in [0.25, 0.3) is 0 Å². The number of fused-ring (bicyclic) bond motifs is 2. The topological polar surface area (TPSA) is 157 Å². The van der Waals surface area contributed by atoms with Gasteiger partial charge >= 0.3 is 11.9 Å². The number of sulfonamides is 2. The van der Waals surface area contributed by atoms with Crippen molar-refractivity contribution in [2.45, 2.75) is 122 Å². The molecule has 0 amide bonds. The molecule has 2 fully saturated rings. The van der Waals surface area contributed by atoms with E-state index in [0.29, 0.717) is 30.0 Å². The van der Waals surface area contributed by atoms with Gasteiger partial charge in [-0.15, -0.1) is 0 Å². The van der Waals surface area contributed by atoms with Gasteiger partial charge in [-0.1, -0.05) is 43.7 Å². The number of hydrogen-bond acceptors (Lipinski definition) is 8. The third kappa shape index (κ3) is 8.32. The smallest absolute Gasteiger partial charge is 0.328 e. The first kappa shape index (κ1) is 42.7. The van der Waals surface area contributed by atoms with Gasteiger partial charge in [0.1, 0.15) is 13.1 Å². The van der Waals surface area contributed by atoms with Crippen molar-refractivity contribution in [3.63, 3.8) is 0 Å². The first-order valence-electron chi connectivity index (χ1n) is 21.6. The maximum atomic E-state index is 14.4. The van der Waals surface area contributed by atoms with Crippen LogP contribution in [0.2, 0.25) is 0 Å². The summed E-state index contributed by atoms with van der Waals surface area (Å²) in [6.07, 6.45) is 14.9. The zero-order valence-electron chi connectivity index (χ0n) is 35.0. The standard InChI is InChI=1S/C45H58N4O9S2/c1-30-24-35(59(53,54)46-20-9-10-21-46)19-18-33(30)25-38-32(3)49(41-16-11-14-37(38)41)28-44(52)58-45-29-47(22-23-57-45)60(55,56)42-17-8-7-12-34(42)26-39-31(2)48(27-43(50)51)40-15-6-4-5-13-36(39)40/h7-8,12,17-19,24,30,33,45H,4-6,9-11,13-16,20-23,25-29H2,1-3H3,(H,50,51). The molecule has 0 radical (unpaired) electrons. The highest BCUT2D eigenvalue weighted by molar-refractivity contribution is 7.93. The Labute approximate surface area is 354 Å². The Balaban J connectivity index is 0.948. The second-order valence-corrected chi connectivity index (χ2v) is 21.0. The van der Waals surface area contributed by atoms with Gasteiger partial charge in [-0.2, -0.15) is 8.61 Å². The average Bonchev–Trinajstić information content (AvgIpc) is 3.99. The molecule has 0 saturated carbocycles. The van der Waals surface area contributed by atoms with E-state index in [9.17, 15) is 31.5 Å². The van der Waals surface area contributed by atoms with E-state index in [0.717, 1.165) is 105 Å². The molecule has 15 heteroatoms. The lowest BCUT2D eigenvalue weighted by molar-refractivity contribution is -0.189. The molecule has 60 heavy (non-hydrogen) atoms. The summed E-state index contributed by atoms with van der Waals surface area (Å²) in [5.41, 5.74) is 9.26. The van der Waals surface area contributed by atoms with Crippen LogP contribution >= 0.6 is 0 Å². The van der Waals surface area contributed by atoms with Crippen LogP contribution in [0.5, 0.6) is 0 Å². The number of rotatable bonds is 13. The maximum absolute atomic E-state index is 14.4. The van der Waals surface area contributed by atoms with E-state index in [4.69, 9.17) is 9.47 Å². The summed E-state index contributed by atoms with van der Waals surface area (Å²) in [5, 5.41) is 9.70. The number of aliphatic carboxylic acids is 1. The fourth-order valence-corrected chi connectivity index (χ4v) is 13.6. The van der Waals surface area contributed by atoms with Crippen LogP contribution in [-0.4, -0.2) is 90.7 Å². The fraction of sp³-hybridized carbons (Fsp3) is 0.556. The van der Waals surface area contributed by atoms with Crippen LogP contribution < -0.4 is 0 Å². The predicted octanol–water partition coefficient (Wildman–Crippen LogP) is 5.60. The molecular weight excluding hydrogens is 805 g/mol. The van der Waals surface area contributed by atoms with Gasteiger partial charge in [0.2, 0.25) is 26.3 Å². The first-order valence-corrected chi connectivity index (χ1v) is 24.5. The number of carbonyl (C=O) groups is 2. The molecule has 2 saturated heterocycles. The monoisotopic (exact) mass is 862 g/mol. The molecule has 2 aromatic heterocycles. The molecule has 5 aliphatic rings. The Kier molecular flexibility index (Phi) is 12.4. The van der Waals surface area contributed by atoms with Crippen LogP contribution in [0.3, 0.4) is 0 Å². The molecule has 1 N–H and O–H groups in total. The normalized spacial score (nSPS) is 22.6. The van der Waals surface area contributed by atoms with Crippen molar-refractivity contribution < 1.29 is 41.0 Å². The number of allylic oxidation sites excluding steroid dienone is 3. The van der Waals surface area contributed by atoms with Crippen LogP contribution in [0.15, 0.2) is 52.3 Å². The second-order valence-electron chi connectivity index (χ2n) is 17.2. The lowest BCUT2D eigenvalue weighted by Crippen LogP contribution is -2.47. The fourth-order valence-electron chi connectivity index (χ4n) is 10.3. The number of carbonyl (C=O) groups excluding carboxylic acids is 1. The van der Waals surface area contributed by atoms with Gasteiger partial charge in [0.25, 0.3) is 0 Å². The van der Waals surface area contributed by atoms with Crippen LogP contribution in [-0.2, 0) is 90.7 Å². The number of esters is 1. The third-order valence-corrected chi connectivity index (χ3v) is 17.4. The van der Waals surface area contributed by atoms with Gasteiger partial charge in [0, 0.05) is 48.8 Å². The van der Waals surface area contributed by atoms with E-state index in [2.05, 4.69) is 6.92 Å². The molecule has 0 spiro atoms. The maximum Gasteiger partial charge on any atom is 0.328 e. The zero-order chi connectivity index (χ0) is 42.3. The molecule has 2 aliphatic heterocycles. The second kappa shape index (κ2) is 17.4. The highest BCUT2D eigenvalue weighted by Crippen LogP contribution is 2.37. The number of benzene rings is 1. The third-order valence-electron chi connectivity index (χ3n) is 13.5. The van der Waals surface area contributed by atoms with E-state index >= 15 is 0 Å². The highest BCUT2D eigenvalue weighted by Gasteiger charge is 2.36. The van der Waals surface area contributed by atoms with E-state index in [1.165, 1.54) is 15.4 Å². The van der Waals surface area contributed by atoms with Gasteiger partial charge in [-0.3, -0.25) is 9.59 Å². The highest BCUT2D eigenvalue weighted by atomic mass is 32.2. The number of carboxylic acids is 1. The van der Waals surface area contributed by atoms with Crippen LogP contribution in [0.4, 0.5) is 0 Å². The van der Waals surface area contributed by atoms with Crippen molar-refractivity contribution in [1.82, 2.24) is 17.7 Å². The molecule has 3 atom stereocenters. The number of ether oxygens (including phenoxy) is 2. The molecule has 0 bridgehead atoms.